The molecule has 46 valence electrons. The molecule has 3 heteroatoms. The maximum Gasteiger partial charge on any atom is 0.381 e. The highest BCUT2D eigenvalue weighted by atomic mass is 35.5. The van der Waals surface area contributed by atoms with Crippen molar-refractivity contribution in [3.8, 4) is 0 Å². The van der Waals surface area contributed by atoms with Crippen LogP contribution in [0.3, 0.4) is 0 Å². The third-order valence-electron chi connectivity index (χ3n) is 0.952. The van der Waals surface area contributed by atoms with Gasteiger partial charge in [0.2, 0.25) is 0 Å². The molecule has 0 unspecified atom stereocenters. The van der Waals surface area contributed by atoms with Gasteiger partial charge in [0, 0.05) is 12.1 Å². The molecule has 1 aromatic heterocycles. The molecule has 1 rings (SSSR count). The van der Waals surface area contributed by atoms with E-state index in [1.54, 1.807) is 24.4 Å². The lowest BCUT2D eigenvalue weighted by Gasteiger charge is -1.82. The predicted molar refractivity (Wildman–Crippen MR) is 33.8 cm³/mol. The number of carbonyl (C=O) groups excluding carboxylic acids is 1. The topological polar surface area (TPSA) is 20.9 Å². The summed E-state index contributed by atoms with van der Waals surface area (Å²) in [5.41, 5.74) is 0. The minimum atomic E-state index is 0.424. The Kier molecular flexibility index (Phi) is 1.80. The molecule has 0 N–H and O–H groups in total. The highest BCUT2D eigenvalue weighted by molar-refractivity contribution is 6.28. The van der Waals surface area contributed by atoms with Gasteiger partial charge in [-0.15, -0.1) is 4.57 Å². The molecular formula is C6H5ClNO+. The van der Waals surface area contributed by atoms with Gasteiger partial charge in [0.15, 0.2) is 6.20 Å². The maximum atomic E-state index is 10.1. The van der Waals surface area contributed by atoms with Crippen molar-refractivity contribution >= 4 is 18.0 Å². The van der Waals surface area contributed by atoms with Crippen molar-refractivity contribution in [1.29, 1.82) is 0 Å². The Morgan fingerprint density at radius 3 is 2.78 bits per heavy atom. The van der Waals surface area contributed by atoms with E-state index in [0.717, 1.165) is 0 Å². The molecule has 0 bridgehead atoms. The normalized spacial score (nSPS) is 9.00. The van der Waals surface area contributed by atoms with Gasteiger partial charge < -0.3 is 0 Å². The van der Waals surface area contributed by atoms with E-state index in [9.17, 15) is 4.79 Å². The second-order valence-corrected chi connectivity index (χ2v) is 1.92. The van der Waals surface area contributed by atoms with E-state index in [2.05, 4.69) is 0 Å². The monoisotopic (exact) mass is 142 g/mol. The molecule has 0 aromatic carbocycles. The summed E-state index contributed by atoms with van der Waals surface area (Å²) in [6.45, 7) is 0. The molecule has 0 atom stereocenters. The number of hydrogen-bond acceptors (Lipinski definition) is 1. The van der Waals surface area contributed by atoms with Crippen LogP contribution in [0.25, 0.3) is 0 Å². The van der Waals surface area contributed by atoms with Crippen LogP contribution in [-0.2, 0) is 4.79 Å². The summed E-state index contributed by atoms with van der Waals surface area (Å²) < 4.78 is 1.29. The molecular weight excluding hydrogens is 138 g/mol. The summed E-state index contributed by atoms with van der Waals surface area (Å²) in [5, 5.41) is 0.424. The van der Waals surface area contributed by atoms with Crippen LogP contribution in [0, 0.1) is 0 Å². The molecule has 0 radical (unpaired) electrons. The average molecular weight is 143 g/mol. The Bertz CT molecular complexity index is 224. The van der Waals surface area contributed by atoms with Gasteiger partial charge in [-0.05, 0) is 17.7 Å². The zero-order valence-electron chi connectivity index (χ0n) is 4.62. The number of carbonyl (C=O) groups is 1. The fourth-order valence-corrected chi connectivity index (χ4v) is 0.689. The Morgan fingerprint density at radius 1 is 1.56 bits per heavy atom. The zero-order valence-corrected chi connectivity index (χ0v) is 5.38. The average Bonchev–Trinajstić information content (AvgIpc) is 1.89. The Morgan fingerprint density at radius 2 is 2.33 bits per heavy atom. The van der Waals surface area contributed by atoms with Gasteiger partial charge in [0.1, 0.15) is 0 Å². The third-order valence-corrected chi connectivity index (χ3v) is 1.27. The second kappa shape index (κ2) is 2.60. The largest absolute Gasteiger partial charge is 0.381 e. The quantitative estimate of drug-likeness (QED) is 0.321. The van der Waals surface area contributed by atoms with E-state index in [1.165, 1.54) is 4.57 Å². The van der Waals surface area contributed by atoms with Gasteiger partial charge in [0.25, 0.3) is 5.15 Å². The SMILES string of the molecule is O=C[n+]1ccccc1Cl. The van der Waals surface area contributed by atoms with Crippen LogP contribution in [0.4, 0.5) is 0 Å². The van der Waals surface area contributed by atoms with Crippen LogP contribution in [-0.4, -0.2) is 6.41 Å². The van der Waals surface area contributed by atoms with Gasteiger partial charge in [-0.25, -0.2) is 4.79 Å². The minimum Gasteiger partial charge on any atom is -0.222 e. The van der Waals surface area contributed by atoms with Crippen LogP contribution in [0.1, 0.15) is 0 Å². The third kappa shape index (κ3) is 1.27. The van der Waals surface area contributed by atoms with E-state index in [-0.39, 0.29) is 0 Å². The Hall–Kier alpha value is -0.890. The fraction of sp³-hybridized carbons (Fsp3) is 0. The standard InChI is InChI=1S/C6H5ClNO/c7-6-3-1-2-4-8(6)5-9/h1-5H/q+1. The first-order valence-electron chi connectivity index (χ1n) is 2.45. The number of rotatable bonds is 1. The predicted octanol–water partition coefficient (Wildman–Crippen LogP) is 0.666. The molecule has 9 heavy (non-hydrogen) atoms. The van der Waals surface area contributed by atoms with Gasteiger partial charge in [0.05, 0.1) is 0 Å². The van der Waals surface area contributed by atoms with Crippen molar-refractivity contribution in [3.63, 3.8) is 0 Å². The molecule has 0 saturated carbocycles. The molecule has 0 amide bonds. The number of halogens is 1. The van der Waals surface area contributed by atoms with E-state index >= 15 is 0 Å². The Labute approximate surface area is 57.7 Å². The van der Waals surface area contributed by atoms with Crippen molar-refractivity contribution in [2.24, 2.45) is 0 Å². The number of nitrogens with zero attached hydrogens (tertiary/aromatic N) is 1. The van der Waals surface area contributed by atoms with Crippen molar-refractivity contribution in [2.45, 2.75) is 0 Å². The number of hydrogen-bond donors (Lipinski definition) is 0. The molecule has 0 fully saturated rings. The molecule has 0 aliphatic rings. The summed E-state index contributed by atoms with van der Waals surface area (Å²) >= 11 is 5.56. The van der Waals surface area contributed by atoms with Gasteiger partial charge >= 0.3 is 6.41 Å². The lowest BCUT2D eigenvalue weighted by Crippen LogP contribution is -2.33. The van der Waals surface area contributed by atoms with Crippen LogP contribution >= 0.6 is 11.6 Å². The van der Waals surface area contributed by atoms with Gasteiger partial charge in [-0.1, -0.05) is 0 Å². The molecule has 0 aliphatic heterocycles. The van der Waals surface area contributed by atoms with Crippen LogP contribution in [0.2, 0.25) is 5.15 Å². The van der Waals surface area contributed by atoms with E-state index in [0.29, 0.717) is 11.6 Å². The van der Waals surface area contributed by atoms with Gasteiger partial charge in [-0.2, -0.15) is 0 Å². The first-order chi connectivity index (χ1) is 4.34. The first-order valence-corrected chi connectivity index (χ1v) is 2.83. The molecule has 0 spiro atoms. The number of pyridine rings is 1. The zero-order chi connectivity index (χ0) is 6.69. The summed E-state index contributed by atoms with van der Waals surface area (Å²) in [7, 11) is 0. The van der Waals surface area contributed by atoms with E-state index < -0.39 is 0 Å². The van der Waals surface area contributed by atoms with Crippen molar-refractivity contribution in [3.05, 3.63) is 29.5 Å². The molecule has 2 nitrogen and oxygen atoms in total. The van der Waals surface area contributed by atoms with E-state index in [4.69, 9.17) is 11.6 Å². The van der Waals surface area contributed by atoms with Gasteiger partial charge in [-0.3, -0.25) is 0 Å². The molecule has 0 saturated heterocycles. The summed E-state index contributed by atoms with van der Waals surface area (Å²) in [6.07, 6.45) is 2.25. The molecule has 1 aromatic rings. The van der Waals surface area contributed by atoms with Crippen molar-refractivity contribution in [2.75, 3.05) is 0 Å². The summed E-state index contributed by atoms with van der Waals surface area (Å²) in [5.74, 6) is 0. The maximum absolute atomic E-state index is 10.1. The van der Waals surface area contributed by atoms with Crippen molar-refractivity contribution in [1.82, 2.24) is 0 Å². The van der Waals surface area contributed by atoms with Crippen molar-refractivity contribution < 1.29 is 9.36 Å². The highest BCUT2D eigenvalue weighted by Gasteiger charge is 2.01. The van der Waals surface area contributed by atoms with Crippen LogP contribution in [0.5, 0.6) is 0 Å². The smallest absolute Gasteiger partial charge is 0.222 e. The van der Waals surface area contributed by atoms with Crippen LogP contribution < -0.4 is 4.57 Å². The number of aromatic nitrogens is 1. The fourth-order valence-electron chi connectivity index (χ4n) is 0.520. The summed E-state index contributed by atoms with van der Waals surface area (Å²) in [6, 6.07) is 5.15. The van der Waals surface area contributed by atoms with Crippen LogP contribution in [0.15, 0.2) is 24.4 Å². The Balaban J connectivity index is 3.15. The minimum absolute atomic E-state index is 0.424. The lowest BCUT2D eigenvalue weighted by atomic mass is 10.5. The summed E-state index contributed by atoms with van der Waals surface area (Å²) in [4.78, 5) is 10.1. The first kappa shape index (κ1) is 6.23. The van der Waals surface area contributed by atoms with E-state index in [1.807, 2.05) is 0 Å². The lowest BCUT2D eigenvalue weighted by molar-refractivity contribution is -0.550. The highest BCUT2D eigenvalue weighted by Crippen LogP contribution is 1.95. The second-order valence-electron chi connectivity index (χ2n) is 1.54. The molecule has 0 aliphatic carbocycles. The molecule has 1 heterocycles.